The molecule has 0 atom stereocenters. The Morgan fingerprint density at radius 2 is 2.17 bits per heavy atom. The normalized spacial score (nSPS) is 15.9. The van der Waals surface area contributed by atoms with E-state index in [2.05, 4.69) is 10.2 Å². The molecule has 0 aromatic heterocycles. The van der Waals surface area contributed by atoms with Gasteiger partial charge in [-0.3, -0.25) is 9.69 Å². The number of nitrogens with one attached hydrogen (secondary N) is 1. The Bertz CT molecular complexity index is 563. The Morgan fingerprint density at radius 3 is 2.96 bits per heavy atom. The quantitative estimate of drug-likeness (QED) is 0.586. The van der Waals surface area contributed by atoms with Gasteiger partial charge in [-0.15, -0.1) is 0 Å². The molecule has 1 aliphatic rings. The van der Waals surface area contributed by atoms with Crippen LogP contribution in [0.4, 0.5) is 0 Å². The molecule has 0 spiro atoms. The van der Waals surface area contributed by atoms with Gasteiger partial charge in [0, 0.05) is 32.3 Å². The van der Waals surface area contributed by atoms with Crippen LogP contribution in [0.3, 0.4) is 0 Å². The summed E-state index contributed by atoms with van der Waals surface area (Å²) in [6.45, 7) is 7.50. The summed E-state index contributed by atoms with van der Waals surface area (Å²) in [5, 5.41) is 2.86. The molecule has 0 aliphatic carbocycles. The van der Waals surface area contributed by atoms with E-state index in [1.807, 2.05) is 43.3 Å². The molecule has 0 saturated carbocycles. The third-order valence-corrected chi connectivity index (χ3v) is 3.70. The van der Waals surface area contributed by atoms with Crippen molar-refractivity contribution in [2.24, 2.45) is 0 Å². The zero-order valence-corrected chi connectivity index (χ0v) is 14.2. The number of allylic oxidation sites excluding steroid dienone is 3. The lowest BCUT2D eigenvalue weighted by Gasteiger charge is -2.26. The number of nitrogens with zero attached hydrogens (tertiary/aromatic N) is 1. The van der Waals surface area contributed by atoms with Crippen LogP contribution in [0.15, 0.2) is 48.6 Å². The van der Waals surface area contributed by atoms with Crippen LogP contribution in [0.1, 0.15) is 12.5 Å². The van der Waals surface area contributed by atoms with Crippen molar-refractivity contribution in [3.05, 3.63) is 54.1 Å². The molecule has 1 aliphatic heterocycles. The maximum atomic E-state index is 11.6. The lowest BCUT2D eigenvalue weighted by molar-refractivity contribution is -0.116. The molecule has 0 radical (unpaired) electrons. The van der Waals surface area contributed by atoms with Crippen LogP contribution in [0, 0.1) is 0 Å². The second kappa shape index (κ2) is 10.6. The zero-order valence-electron chi connectivity index (χ0n) is 14.2. The zero-order chi connectivity index (χ0) is 17.0. The van der Waals surface area contributed by atoms with Gasteiger partial charge < -0.3 is 14.8 Å². The average Bonchev–Trinajstić information content (AvgIpc) is 2.62. The van der Waals surface area contributed by atoms with Crippen molar-refractivity contribution in [2.45, 2.75) is 13.5 Å². The highest BCUT2D eigenvalue weighted by Crippen LogP contribution is 2.13. The molecule has 1 fully saturated rings. The van der Waals surface area contributed by atoms with E-state index in [9.17, 15) is 4.79 Å². The van der Waals surface area contributed by atoms with Crippen molar-refractivity contribution in [1.29, 1.82) is 0 Å². The highest BCUT2D eigenvalue weighted by Gasteiger charge is 2.09. The summed E-state index contributed by atoms with van der Waals surface area (Å²) in [6, 6.07) is 7.83. The minimum absolute atomic E-state index is 0.105. The molecule has 1 amide bonds. The maximum Gasteiger partial charge on any atom is 0.244 e. The molecule has 1 heterocycles. The fourth-order valence-corrected chi connectivity index (χ4v) is 2.36. The lowest BCUT2D eigenvalue weighted by Crippen LogP contribution is -2.38. The average molecular weight is 330 g/mol. The van der Waals surface area contributed by atoms with E-state index in [-0.39, 0.29) is 5.91 Å². The van der Waals surface area contributed by atoms with Crippen LogP contribution in [0.5, 0.6) is 5.75 Å². The van der Waals surface area contributed by atoms with Gasteiger partial charge in [0.1, 0.15) is 12.4 Å². The molecule has 1 aromatic carbocycles. The monoisotopic (exact) mass is 330 g/mol. The number of rotatable bonds is 8. The molecular formula is C19H26N2O3. The van der Waals surface area contributed by atoms with Crippen molar-refractivity contribution in [1.82, 2.24) is 10.2 Å². The van der Waals surface area contributed by atoms with E-state index in [4.69, 9.17) is 9.47 Å². The predicted octanol–water partition coefficient (Wildman–Crippen LogP) is 2.15. The van der Waals surface area contributed by atoms with Crippen molar-refractivity contribution < 1.29 is 14.3 Å². The van der Waals surface area contributed by atoms with Gasteiger partial charge in [0.25, 0.3) is 0 Å². The molecule has 0 unspecified atom stereocenters. The van der Waals surface area contributed by atoms with Gasteiger partial charge in [-0.05, 0) is 24.6 Å². The second-order valence-electron chi connectivity index (χ2n) is 5.55. The van der Waals surface area contributed by atoms with E-state index in [0.717, 1.165) is 44.2 Å². The molecule has 130 valence electrons. The summed E-state index contributed by atoms with van der Waals surface area (Å²) in [4.78, 5) is 14.0. The first-order chi connectivity index (χ1) is 11.8. The fourth-order valence-electron chi connectivity index (χ4n) is 2.36. The highest BCUT2D eigenvalue weighted by atomic mass is 16.5. The number of hydrogen-bond donors (Lipinski definition) is 1. The molecular weight excluding hydrogens is 304 g/mol. The fraction of sp³-hybridized carbons (Fsp3) is 0.421. The van der Waals surface area contributed by atoms with Crippen LogP contribution >= 0.6 is 0 Å². The Kier molecular flexibility index (Phi) is 8.07. The van der Waals surface area contributed by atoms with E-state index < -0.39 is 0 Å². The summed E-state index contributed by atoms with van der Waals surface area (Å²) < 4.78 is 11.1. The predicted molar refractivity (Wildman–Crippen MR) is 95.0 cm³/mol. The van der Waals surface area contributed by atoms with Gasteiger partial charge in [0.15, 0.2) is 0 Å². The van der Waals surface area contributed by atoms with Crippen LogP contribution in [0.25, 0.3) is 0 Å². The molecule has 5 nitrogen and oxygen atoms in total. The van der Waals surface area contributed by atoms with E-state index in [0.29, 0.717) is 13.2 Å². The SMILES string of the molecule is C/C=C/C=C/C(=O)NCc1cccc(OCCN2CCOCC2)c1. The number of carbonyl (C=O) groups excluding carboxylic acids is 1. The minimum Gasteiger partial charge on any atom is -0.492 e. The molecule has 5 heteroatoms. The second-order valence-corrected chi connectivity index (χ2v) is 5.55. The third-order valence-electron chi connectivity index (χ3n) is 3.70. The molecule has 2 rings (SSSR count). The first kappa shape index (κ1) is 18.2. The van der Waals surface area contributed by atoms with Gasteiger partial charge in [-0.1, -0.05) is 30.4 Å². The summed E-state index contributed by atoms with van der Waals surface area (Å²) in [7, 11) is 0. The molecule has 1 aromatic rings. The molecule has 1 saturated heterocycles. The topological polar surface area (TPSA) is 50.8 Å². The van der Waals surface area contributed by atoms with Gasteiger partial charge in [0.05, 0.1) is 13.2 Å². The Balaban J connectivity index is 1.73. The Morgan fingerprint density at radius 1 is 1.33 bits per heavy atom. The van der Waals surface area contributed by atoms with Crippen LogP contribution in [-0.2, 0) is 16.1 Å². The van der Waals surface area contributed by atoms with Crippen molar-refractivity contribution in [3.8, 4) is 5.75 Å². The van der Waals surface area contributed by atoms with Crippen LogP contribution < -0.4 is 10.1 Å². The molecule has 24 heavy (non-hydrogen) atoms. The highest BCUT2D eigenvalue weighted by molar-refractivity contribution is 5.87. The first-order valence-corrected chi connectivity index (χ1v) is 8.37. The van der Waals surface area contributed by atoms with Gasteiger partial charge in [-0.2, -0.15) is 0 Å². The Hall–Kier alpha value is -2.11. The number of benzene rings is 1. The van der Waals surface area contributed by atoms with Gasteiger partial charge >= 0.3 is 0 Å². The summed E-state index contributed by atoms with van der Waals surface area (Å²) in [5.41, 5.74) is 1.02. The maximum absolute atomic E-state index is 11.6. The Labute approximate surface area is 143 Å². The largest absolute Gasteiger partial charge is 0.492 e. The van der Waals surface area contributed by atoms with E-state index in [1.165, 1.54) is 6.08 Å². The standard InChI is InChI=1S/C19H26N2O3/c1-2-3-4-8-19(22)20-16-17-6-5-7-18(15-17)24-14-11-21-9-12-23-13-10-21/h2-8,15H,9-14,16H2,1H3,(H,20,22)/b3-2+,8-4+. The number of hydrogen-bond acceptors (Lipinski definition) is 4. The number of morpholine rings is 1. The number of carbonyl (C=O) groups is 1. The van der Waals surface area contributed by atoms with Crippen LogP contribution in [-0.4, -0.2) is 50.3 Å². The van der Waals surface area contributed by atoms with E-state index in [1.54, 1.807) is 6.08 Å². The van der Waals surface area contributed by atoms with E-state index >= 15 is 0 Å². The van der Waals surface area contributed by atoms with Crippen LogP contribution in [0.2, 0.25) is 0 Å². The molecule has 1 N–H and O–H groups in total. The van der Waals surface area contributed by atoms with Gasteiger partial charge in [-0.25, -0.2) is 0 Å². The molecule has 0 bridgehead atoms. The lowest BCUT2D eigenvalue weighted by atomic mass is 10.2. The summed E-state index contributed by atoms with van der Waals surface area (Å²) in [6.07, 6.45) is 6.94. The smallest absolute Gasteiger partial charge is 0.244 e. The van der Waals surface area contributed by atoms with Crippen molar-refractivity contribution in [2.75, 3.05) is 39.5 Å². The van der Waals surface area contributed by atoms with Crippen molar-refractivity contribution >= 4 is 5.91 Å². The minimum atomic E-state index is -0.105. The number of amides is 1. The summed E-state index contributed by atoms with van der Waals surface area (Å²) >= 11 is 0. The summed E-state index contributed by atoms with van der Waals surface area (Å²) in [5.74, 6) is 0.728. The first-order valence-electron chi connectivity index (χ1n) is 8.37. The van der Waals surface area contributed by atoms with Crippen molar-refractivity contribution in [3.63, 3.8) is 0 Å². The van der Waals surface area contributed by atoms with Gasteiger partial charge in [0.2, 0.25) is 5.91 Å². The number of ether oxygens (including phenoxy) is 2. The third kappa shape index (κ3) is 6.98.